The number of aliphatic carboxylic acids is 1. The summed E-state index contributed by atoms with van der Waals surface area (Å²) >= 11 is 0. The number of nitrogens with zero attached hydrogens (tertiary/aromatic N) is 1. The minimum atomic E-state index is -1.03. The smallest absolute Gasteiger partial charge is 0.407 e. The van der Waals surface area contributed by atoms with Crippen LogP contribution in [0.3, 0.4) is 0 Å². The lowest BCUT2D eigenvalue weighted by Crippen LogP contribution is -2.51. The van der Waals surface area contributed by atoms with Crippen molar-refractivity contribution in [2.45, 2.75) is 56.5 Å². The maximum atomic E-state index is 12.9. The fourth-order valence-electron chi connectivity index (χ4n) is 6.06. The molecule has 0 aromatic heterocycles. The van der Waals surface area contributed by atoms with Crippen LogP contribution in [0.15, 0.2) is 48.5 Å². The van der Waals surface area contributed by atoms with Crippen LogP contribution in [0.1, 0.15) is 56.1 Å². The quantitative estimate of drug-likeness (QED) is 0.644. The Hall–Kier alpha value is -3.35. The second kappa shape index (κ2) is 8.78. The van der Waals surface area contributed by atoms with Gasteiger partial charge in [-0.2, -0.15) is 0 Å². The lowest BCUT2D eigenvalue weighted by atomic mass is 9.88. The molecule has 2 fully saturated rings. The molecule has 0 spiro atoms. The fourth-order valence-corrected chi connectivity index (χ4v) is 6.06. The van der Waals surface area contributed by atoms with E-state index >= 15 is 0 Å². The Bertz CT molecular complexity index is 1080. The van der Waals surface area contributed by atoms with Crippen molar-refractivity contribution in [1.82, 2.24) is 10.2 Å². The van der Waals surface area contributed by atoms with Crippen molar-refractivity contribution < 1.29 is 24.2 Å². The first kappa shape index (κ1) is 22.4. The average molecular weight is 463 g/mol. The predicted molar refractivity (Wildman–Crippen MR) is 126 cm³/mol. The maximum absolute atomic E-state index is 12.9. The zero-order chi connectivity index (χ0) is 23.9. The van der Waals surface area contributed by atoms with E-state index in [0.717, 1.165) is 24.0 Å². The van der Waals surface area contributed by atoms with Gasteiger partial charge >= 0.3 is 12.1 Å². The molecule has 1 aliphatic carbocycles. The molecule has 34 heavy (non-hydrogen) atoms. The van der Waals surface area contributed by atoms with E-state index in [0.29, 0.717) is 19.4 Å². The Balaban J connectivity index is 1.13. The molecule has 2 saturated heterocycles. The van der Waals surface area contributed by atoms with Gasteiger partial charge in [0.15, 0.2) is 0 Å². The number of fused-ring (bicyclic) bond motifs is 5. The summed E-state index contributed by atoms with van der Waals surface area (Å²) in [7, 11) is 0. The third-order valence-corrected chi connectivity index (χ3v) is 7.74. The van der Waals surface area contributed by atoms with Gasteiger partial charge in [0.1, 0.15) is 12.1 Å². The van der Waals surface area contributed by atoms with Gasteiger partial charge in [-0.15, -0.1) is 0 Å². The highest BCUT2D eigenvalue weighted by atomic mass is 16.5. The summed E-state index contributed by atoms with van der Waals surface area (Å²) in [6.07, 6.45) is 2.27. The molecule has 5 rings (SSSR count). The van der Waals surface area contributed by atoms with Crippen molar-refractivity contribution in [3.63, 3.8) is 0 Å². The van der Waals surface area contributed by atoms with E-state index in [1.165, 1.54) is 11.1 Å². The Kier molecular flexibility index (Phi) is 5.80. The molecule has 1 atom stereocenters. The predicted octanol–water partition coefficient (Wildman–Crippen LogP) is 4.16. The molecule has 3 aliphatic rings. The highest BCUT2D eigenvalue weighted by Gasteiger charge is 2.58. The van der Waals surface area contributed by atoms with Crippen LogP contribution in [-0.4, -0.2) is 52.7 Å². The molecular weight excluding hydrogens is 432 g/mol. The number of rotatable bonds is 7. The van der Waals surface area contributed by atoms with E-state index < -0.39 is 17.6 Å². The lowest BCUT2D eigenvalue weighted by Gasteiger charge is -2.31. The second-order valence-electron chi connectivity index (χ2n) is 9.85. The molecule has 7 heteroatoms. The Morgan fingerprint density at radius 1 is 1.06 bits per heavy atom. The number of carboxylic acid groups (broad SMARTS) is 1. The third kappa shape index (κ3) is 3.73. The molecule has 2 bridgehead atoms. The van der Waals surface area contributed by atoms with E-state index in [4.69, 9.17) is 4.74 Å². The Morgan fingerprint density at radius 3 is 2.24 bits per heavy atom. The minimum absolute atomic E-state index is 0.00463. The molecule has 1 unspecified atom stereocenters. The van der Waals surface area contributed by atoms with Crippen LogP contribution in [0.2, 0.25) is 0 Å². The maximum Gasteiger partial charge on any atom is 0.407 e. The van der Waals surface area contributed by atoms with Crippen LogP contribution in [0.5, 0.6) is 0 Å². The first-order valence-corrected chi connectivity index (χ1v) is 12.0. The van der Waals surface area contributed by atoms with Crippen LogP contribution in [0.25, 0.3) is 11.1 Å². The number of hydrogen-bond donors (Lipinski definition) is 2. The van der Waals surface area contributed by atoms with Crippen LogP contribution >= 0.6 is 0 Å². The fraction of sp³-hybridized carbons (Fsp3) is 0.444. The minimum Gasteiger partial charge on any atom is -0.479 e. The van der Waals surface area contributed by atoms with E-state index in [9.17, 15) is 19.5 Å². The molecule has 2 aromatic rings. The molecule has 2 heterocycles. The molecule has 7 nitrogen and oxygen atoms in total. The van der Waals surface area contributed by atoms with Crippen LogP contribution in [-0.2, 0) is 14.3 Å². The van der Waals surface area contributed by atoms with Crippen molar-refractivity contribution >= 4 is 18.0 Å². The van der Waals surface area contributed by atoms with E-state index in [1.54, 1.807) is 4.90 Å². The van der Waals surface area contributed by atoms with Crippen LogP contribution in [0.4, 0.5) is 4.79 Å². The summed E-state index contributed by atoms with van der Waals surface area (Å²) in [5.41, 5.74) is 3.64. The van der Waals surface area contributed by atoms with Gasteiger partial charge < -0.3 is 20.1 Å². The van der Waals surface area contributed by atoms with E-state index in [-0.39, 0.29) is 36.8 Å². The number of alkyl carbamates (subject to hydrolysis) is 1. The first-order valence-electron chi connectivity index (χ1n) is 12.0. The van der Waals surface area contributed by atoms with Gasteiger partial charge in [0.05, 0.1) is 0 Å². The van der Waals surface area contributed by atoms with Gasteiger partial charge in [0.25, 0.3) is 0 Å². The largest absolute Gasteiger partial charge is 0.479 e. The number of nitrogens with one attached hydrogen (secondary N) is 1. The summed E-state index contributed by atoms with van der Waals surface area (Å²) in [6, 6.07) is 16.4. The number of benzene rings is 2. The summed E-state index contributed by atoms with van der Waals surface area (Å²) in [6.45, 7) is 2.41. The molecule has 0 saturated carbocycles. The normalized spacial score (nSPS) is 23.3. The second-order valence-corrected chi connectivity index (χ2v) is 9.85. The van der Waals surface area contributed by atoms with Crippen molar-refractivity contribution in [2.24, 2.45) is 5.92 Å². The molecule has 178 valence electrons. The Labute approximate surface area is 199 Å². The third-order valence-electron chi connectivity index (χ3n) is 7.74. The molecule has 2 amide bonds. The summed E-state index contributed by atoms with van der Waals surface area (Å²) in [4.78, 5) is 38.8. The number of hydrogen-bond acceptors (Lipinski definition) is 4. The zero-order valence-corrected chi connectivity index (χ0v) is 19.3. The zero-order valence-electron chi connectivity index (χ0n) is 19.3. The van der Waals surface area contributed by atoms with Crippen LogP contribution in [0, 0.1) is 5.92 Å². The molecular formula is C27H30N2O5. The van der Waals surface area contributed by atoms with Crippen molar-refractivity contribution in [3.8, 4) is 11.1 Å². The standard InChI is InChI=1S/C27H30N2O5/c1-17(14-24(30)29-18-10-12-27(29,13-11-18)25(31)32)15-28-26(33)34-16-23-21-8-4-2-6-19(21)20-7-3-5-9-22(20)23/h2-9,17-18,23H,10-16H2,1H3,(H,28,33)(H,31,32). The molecule has 2 N–H and O–H groups in total. The van der Waals surface area contributed by atoms with E-state index in [2.05, 4.69) is 29.6 Å². The lowest BCUT2D eigenvalue weighted by molar-refractivity contribution is -0.155. The summed E-state index contributed by atoms with van der Waals surface area (Å²) in [5.74, 6) is -1.16. The highest BCUT2D eigenvalue weighted by Crippen LogP contribution is 2.47. The monoisotopic (exact) mass is 462 g/mol. The molecule has 2 aromatic carbocycles. The summed E-state index contributed by atoms with van der Waals surface area (Å²) in [5, 5.41) is 12.5. The molecule has 2 aliphatic heterocycles. The van der Waals surface area contributed by atoms with Gasteiger partial charge in [0.2, 0.25) is 5.91 Å². The number of carboxylic acids is 1. The summed E-state index contributed by atoms with van der Waals surface area (Å²) < 4.78 is 5.56. The number of ether oxygens (including phenoxy) is 1. The van der Waals surface area contributed by atoms with Gasteiger partial charge in [-0.1, -0.05) is 55.5 Å². The van der Waals surface area contributed by atoms with Crippen molar-refractivity contribution in [3.05, 3.63) is 59.7 Å². The van der Waals surface area contributed by atoms with Gasteiger partial charge in [0, 0.05) is 24.9 Å². The molecule has 0 radical (unpaired) electrons. The highest BCUT2D eigenvalue weighted by molar-refractivity contribution is 5.89. The van der Waals surface area contributed by atoms with E-state index in [1.807, 2.05) is 31.2 Å². The number of carbonyl (C=O) groups is 3. The SMILES string of the molecule is CC(CNC(=O)OCC1c2ccccc2-c2ccccc21)CC(=O)N1C2CCC1(C(=O)O)CC2. The number of carbonyl (C=O) groups excluding carboxylic acids is 2. The van der Waals surface area contributed by atoms with Crippen molar-refractivity contribution in [2.75, 3.05) is 13.2 Å². The van der Waals surface area contributed by atoms with Gasteiger partial charge in [-0.3, -0.25) is 4.79 Å². The first-order chi connectivity index (χ1) is 16.4. The van der Waals surface area contributed by atoms with Gasteiger partial charge in [-0.25, -0.2) is 9.59 Å². The topological polar surface area (TPSA) is 95.9 Å². The van der Waals surface area contributed by atoms with Crippen molar-refractivity contribution in [1.29, 1.82) is 0 Å². The Morgan fingerprint density at radius 2 is 1.65 bits per heavy atom. The van der Waals surface area contributed by atoms with Crippen LogP contribution < -0.4 is 5.32 Å². The van der Waals surface area contributed by atoms with Gasteiger partial charge in [-0.05, 0) is 53.9 Å². The number of amides is 2. The average Bonchev–Trinajstić information content (AvgIpc) is 3.50.